The van der Waals surface area contributed by atoms with E-state index >= 15 is 0 Å². The molecule has 1 aliphatic rings. The van der Waals surface area contributed by atoms with Crippen LogP contribution in [0.2, 0.25) is 5.02 Å². The lowest BCUT2D eigenvalue weighted by atomic mass is 10.1. The lowest BCUT2D eigenvalue weighted by molar-refractivity contribution is 0.194. The van der Waals surface area contributed by atoms with Crippen molar-refractivity contribution in [1.82, 2.24) is 15.2 Å². The molecule has 6 nitrogen and oxygen atoms in total. The van der Waals surface area contributed by atoms with Crippen LogP contribution in [0.3, 0.4) is 0 Å². The smallest absolute Gasteiger partial charge is 0.317 e. The molecule has 7 heteroatoms. The number of pyridine rings is 1. The zero-order valence-corrected chi connectivity index (χ0v) is 16.5. The van der Waals surface area contributed by atoms with E-state index in [-0.39, 0.29) is 6.03 Å². The van der Waals surface area contributed by atoms with Crippen molar-refractivity contribution >= 4 is 23.3 Å². The summed E-state index contributed by atoms with van der Waals surface area (Å²) in [5.41, 5.74) is 3.30. The second-order valence-corrected chi connectivity index (χ2v) is 6.94. The zero-order chi connectivity index (χ0) is 19.2. The van der Waals surface area contributed by atoms with Crippen molar-refractivity contribution in [2.45, 2.75) is 20.4 Å². The van der Waals surface area contributed by atoms with Crippen LogP contribution in [0.25, 0.3) is 0 Å². The van der Waals surface area contributed by atoms with Gasteiger partial charge in [0, 0.05) is 55.7 Å². The molecule has 2 aromatic rings. The molecule has 144 valence electrons. The normalized spacial score (nSPS) is 14.2. The van der Waals surface area contributed by atoms with Gasteiger partial charge in [0.1, 0.15) is 0 Å². The Morgan fingerprint density at radius 2 is 2.00 bits per heavy atom. The maximum Gasteiger partial charge on any atom is 0.317 e. The van der Waals surface area contributed by atoms with E-state index < -0.39 is 0 Å². The van der Waals surface area contributed by atoms with Gasteiger partial charge >= 0.3 is 6.03 Å². The molecule has 0 aliphatic carbocycles. The van der Waals surface area contributed by atoms with E-state index in [0.29, 0.717) is 32.1 Å². The number of aromatic nitrogens is 1. The Balaban J connectivity index is 1.51. The number of nitrogens with zero attached hydrogens (tertiary/aromatic N) is 3. The van der Waals surface area contributed by atoms with Gasteiger partial charge in [0.05, 0.1) is 6.61 Å². The molecule has 0 spiro atoms. The Morgan fingerprint density at radius 1 is 1.22 bits per heavy atom. The van der Waals surface area contributed by atoms with Crippen molar-refractivity contribution in [3.63, 3.8) is 0 Å². The van der Waals surface area contributed by atoms with E-state index in [9.17, 15) is 4.79 Å². The number of carbonyl (C=O) groups excluding carboxylic acids is 1. The van der Waals surface area contributed by atoms with Gasteiger partial charge in [0.15, 0.2) is 0 Å². The maximum absolute atomic E-state index is 12.5. The number of benzene rings is 1. The van der Waals surface area contributed by atoms with Crippen molar-refractivity contribution in [1.29, 1.82) is 0 Å². The summed E-state index contributed by atoms with van der Waals surface area (Å²) in [4.78, 5) is 20.7. The number of carbonyl (C=O) groups is 1. The van der Waals surface area contributed by atoms with Crippen molar-refractivity contribution in [3.8, 4) is 5.88 Å². The van der Waals surface area contributed by atoms with E-state index in [1.54, 1.807) is 6.20 Å². The molecule has 2 amide bonds. The molecule has 0 atom stereocenters. The van der Waals surface area contributed by atoms with E-state index in [4.69, 9.17) is 16.3 Å². The number of aryl methyl sites for hydroxylation is 1. The number of piperazine rings is 1. The molecule has 0 bridgehead atoms. The minimum absolute atomic E-state index is 0.0489. The Bertz CT molecular complexity index is 791. The number of hydrogen-bond donors (Lipinski definition) is 1. The number of amides is 2. The first-order valence-corrected chi connectivity index (χ1v) is 9.56. The van der Waals surface area contributed by atoms with Gasteiger partial charge < -0.3 is 19.9 Å². The van der Waals surface area contributed by atoms with Gasteiger partial charge in [-0.1, -0.05) is 17.7 Å². The first-order valence-electron chi connectivity index (χ1n) is 9.18. The van der Waals surface area contributed by atoms with E-state index in [2.05, 4.69) is 22.1 Å². The topological polar surface area (TPSA) is 57.7 Å². The summed E-state index contributed by atoms with van der Waals surface area (Å²) in [7, 11) is 0. The van der Waals surface area contributed by atoms with Crippen LogP contribution in [0, 0.1) is 6.92 Å². The van der Waals surface area contributed by atoms with E-state index in [1.165, 1.54) is 5.56 Å². The van der Waals surface area contributed by atoms with Crippen molar-refractivity contribution in [2.75, 3.05) is 37.7 Å². The van der Waals surface area contributed by atoms with Gasteiger partial charge in [0.2, 0.25) is 5.88 Å². The van der Waals surface area contributed by atoms with Crippen molar-refractivity contribution in [2.24, 2.45) is 0 Å². The number of hydrogen-bond acceptors (Lipinski definition) is 4. The fourth-order valence-electron chi connectivity index (χ4n) is 3.15. The quantitative estimate of drug-likeness (QED) is 0.852. The third kappa shape index (κ3) is 5.04. The van der Waals surface area contributed by atoms with Gasteiger partial charge in [-0.15, -0.1) is 0 Å². The second-order valence-electron chi connectivity index (χ2n) is 6.50. The van der Waals surface area contributed by atoms with Gasteiger partial charge in [0.25, 0.3) is 0 Å². The highest BCUT2D eigenvalue weighted by Crippen LogP contribution is 2.25. The molecular weight excluding hydrogens is 364 g/mol. The molecule has 3 rings (SSSR count). The van der Waals surface area contributed by atoms with Crippen molar-refractivity contribution < 1.29 is 9.53 Å². The number of urea groups is 1. The predicted molar refractivity (Wildman–Crippen MR) is 108 cm³/mol. The number of halogens is 1. The molecule has 1 saturated heterocycles. The molecule has 27 heavy (non-hydrogen) atoms. The summed E-state index contributed by atoms with van der Waals surface area (Å²) in [5, 5.41) is 3.71. The first kappa shape index (κ1) is 19.3. The highest BCUT2D eigenvalue weighted by Gasteiger charge is 2.22. The molecular formula is C20H25ClN4O2. The first-order chi connectivity index (χ1) is 13.1. The predicted octanol–water partition coefficient (Wildman–Crippen LogP) is 3.47. The zero-order valence-electron chi connectivity index (χ0n) is 15.7. The van der Waals surface area contributed by atoms with Crippen LogP contribution >= 0.6 is 11.6 Å². The van der Waals surface area contributed by atoms with Gasteiger partial charge in [-0.05, 0) is 43.2 Å². The molecule has 0 saturated carbocycles. The maximum atomic E-state index is 12.5. The lowest BCUT2D eigenvalue weighted by Crippen LogP contribution is -2.51. The summed E-state index contributed by atoms with van der Waals surface area (Å²) >= 11 is 6.13. The van der Waals surface area contributed by atoms with Gasteiger partial charge in [-0.25, -0.2) is 9.78 Å². The monoisotopic (exact) mass is 388 g/mol. The molecule has 0 radical (unpaired) electrons. The number of rotatable bonds is 5. The van der Waals surface area contributed by atoms with Crippen LogP contribution in [-0.4, -0.2) is 48.7 Å². The number of anilines is 1. The fourth-order valence-corrected chi connectivity index (χ4v) is 3.32. The molecule has 2 heterocycles. The molecule has 0 unspecified atom stereocenters. The van der Waals surface area contributed by atoms with Crippen LogP contribution < -0.4 is 15.0 Å². The Labute approximate surface area is 165 Å². The molecule has 1 aliphatic heterocycles. The lowest BCUT2D eigenvalue weighted by Gasteiger charge is -2.36. The summed E-state index contributed by atoms with van der Waals surface area (Å²) in [6, 6.07) is 9.60. The summed E-state index contributed by atoms with van der Waals surface area (Å²) in [5.74, 6) is 0.578. The Hall–Kier alpha value is -2.47. The average Bonchev–Trinajstić information content (AvgIpc) is 2.69. The SMILES string of the molecule is CCOc1cc(CNC(=O)N2CCN(c3cc(Cl)ccc3C)CC2)ccn1. The summed E-state index contributed by atoms with van der Waals surface area (Å²) in [6.07, 6.45) is 1.69. The van der Waals surface area contributed by atoms with E-state index in [0.717, 1.165) is 29.4 Å². The highest BCUT2D eigenvalue weighted by atomic mass is 35.5. The molecule has 1 fully saturated rings. The van der Waals surface area contributed by atoms with Crippen LogP contribution in [0.1, 0.15) is 18.1 Å². The third-order valence-corrected chi connectivity index (χ3v) is 4.85. The van der Waals surface area contributed by atoms with Crippen molar-refractivity contribution in [3.05, 3.63) is 52.7 Å². The summed E-state index contributed by atoms with van der Waals surface area (Å²) < 4.78 is 5.39. The minimum Gasteiger partial charge on any atom is -0.478 e. The van der Waals surface area contributed by atoms with Crippen LogP contribution in [0.5, 0.6) is 5.88 Å². The molecule has 1 aromatic heterocycles. The molecule has 1 aromatic carbocycles. The highest BCUT2D eigenvalue weighted by molar-refractivity contribution is 6.30. The van der Waals surface area contributed by atoms with Crippen LogP contribution in [-0.2, 0) is 6.54 Å². The van der Waals surface area contributed by atoms with Gasteiger partial charge in [-0.2, -0.15) is 0 Å². The second kappa shape index (κ2) is 8.95. The minimum atomic E-state index is -0.0489. The Kier molecular flexibility index (Phi) is 6.40. The van der Waals surface area contributed by atoms with E-state index in [1.807, 2.05) is 42.2 Å². The van der Waals surface area contributed by atoms with Crippen LogP contribution in [0.4, 0.5) is 10.5 Å². The average molecular weight is 389 g/mol. The number of nitrogens with one attached hydrogen (secondary N) is 1. The van der Waals surface area contributed by atoms with Gasteiger partial charge in [-0.3, -0.25) is 0 Å². The largest absolute Gasteiger partial charge is 0.478 e. The Morgan fingerprint density at radius 3 is 2.74 bits per heavy atom. The fraction of sp³-hybridized carbons (Fsp3) is 0.400. The standard InChI is InChI=1S/C20H25ClN4O2/c1-3-27-19-12-16(6-7-22-19)14-23-20(26)25-10-8-24(9-11-25)18-13-17(21)5-4-15(18)2/h4-7,12-13H,3,8-11,14H2,1-2H3,(H,23,26). The summed E-state index contributed by atoms with van der Waals surface area (Å²) in [6.45, 7) is 7.96. The van der Waals surface area contributed by atoms with Crippen LogP contribution in [0.15, 0.2) is 36.5 Å². The number of ether oxygens (including phenoxy) is 1. The molecule has 1 N–H and O–H groups in total. The third-order valence-electron chi connectivity index (χ3n) is 4.61.